The van der Waals surface area contributed by atoms with E-state index in [0.717, 1.165) is 22.6 Å². The zero-order chi connectivity index (χ0) is 19.9. The lowest BCUT2D eigenvalue weighted by atomic mass is 10.1. The second-order valence-electron chi connectivity index (χ2n) is 7.08. The molecule has 8 heteroatoms. The Labute approximate surface area is 164 Å². The molecule has 3 aromatic rings. The van der Waals surface area contributed by atoms with Gasteiger partial charge in [-0.1, -0.05) is 6.07 Å². The Balaban J connectivity index is 1.47. The molecule has 1 atom stereocenters. The quantitative estimate of drug-likeness (QED) is 0.714. The van der Waals surface area contributed by atoms with Crippen molar-refractivity contribution in [2.24, 2.45) is 0 Å². The summed E-state index contributed by atoms with van der Waals surface area (Å²) in [6, 6.07) is 10.7. The van der Waals surface area contributed by atoms with E-state index < -0.39 is 10.0 Å². The number of rotatable bonds is 5. The van der Waals surface area contributed by atoms with Crippen molar-refractivity contribution in [2.45, 2.75) is 37.6 Å². The van der Waals surface area contributed by atoms with Gasteiger partial charge in [-0.25, -0.2) is 18.1 Å². The van der Waals surface area contributed by atoms with Gasteiger partial charge in [0.1, 0.15) is 5.65 Å². The van der Waals surface area contributed by atoms with Gasteiger partial charge < -0.3 is 9.30 Å². The predicted octanol–water partition coefficient (Wildman–Crippen LogP) is 2.15. The maximum absolute atomic E-state index is 12.7. The van der Waals surface area contributed by atoms with Crippen molar-refractivity contribution in [3.8, 4) is 0 Å². The summed E-state index contributed by atoms with van der Waals surface area (Å²) in [6.07, 6.45) is 4.96. The van der Waals surface area contributed by atoms with Gasteiger partial charge in [-0.2, -0.15) is 0 Å². The van der Waals surface area contributed by atoms with Gasteiger partial charge >= 0.3 is 0 Å². The average Bonchev–Trinajstić information content (AvgIpc) is 3.19. The number of nitrogens with zero attached hydrogens (tertiary/aromatic N) is 3. The molecule has 0 bridgehead atoms. The van der Waals surface area contributed by atoms with Crippen molar-refractivity contribution < 1.29 is 13.2 Å². The van der Waals surface area contributed by atoms with Crippen LogP contribution in [0.3, 0.4) is 0 Å². The van der Waals surface area contributed by atoms with Crippen molar-refractivity contribution in [1.82, 2.24) is 14.1 Å². The van der Waals surface area contributed by atoms with Crippen LogP contribution in [0.25, 0.3) is 5.65 Å². The topological polar surface area (TPSA) is 83.8 Å². The highest BCUT2D eigenvalue weighted by atomic mass is 32.2. The Morgan fingerprint density at radius 3 is 2.86 bits per heavy atom. The Morgan fingerprint density at radius 2 is 2.11 bits per heavy atom. The van der Waals surface area contributed by atoms with Gasteiger partial charge in [-0.15, -0.1) is 0 Å². The van der Waals surface area contributed by atoms with Crippen LogP contribution in [0.2, 0.25) is 0 Å². The van der Waals surface area contributed by atoms with Crippen LogP contribution in [0.15, 0.2) is 53.7 Å². The molecule has 1 aromatic carbocycles. The molecular weight excluding hydrogens is 376 g/mol. The highest BCUT2D eigenvalue weighted by molar-refractivity contribution is 7.89. The normalized spacial score (nSPS) is 16.5. The van der Waals surface area contributed by atoms with Gasteiger partial charge in [0, 0.05) is 44.0 Å². The summed E-state index contributed by atoms with van der Waals surface area (Å²) >= 11 is 0. The number of aromatic nitrogens is 2. The number of carbonyl (C=O) groups is 1. The number of hydrogen-bond acceptors (Lipinski definition) is 4. The van der Waals surface area contributed by atoms with Crippen molar-refractivity contribution in [1.29, 1.82) is 0 Å². The predicted molar refractivity (Wildman–Crippen MR) is 107 cm³/mol. The smallest absolute Gasteiger partial charge is 0.240 e. The van der Waals surface area contributed by atoms with Crippen LogP contribution in [-0.4, -0.2) is 36.3 Å². The minimum Gasteiger partial charge on any atom is -0.309 e. The Hall–Kier alpha value is -2.71. The number of imidazole rings is 1. The zero-order valence-electron chi connectivity index (χ0n) is 15.8. The summed E-state index contributed by atoms with van der Waals surface area (Å²) in [4.78, 5) is 18.2. The summed E-state index contributed by atoms with van der Waals surface area (Å²) in [5, 5.41) is 0. The first kappa shape index (κ1) is 18.6. The molecule has 146 valence electrons. The third-order valence-corrected chi connectivity index (χ3v) is 6.46. The Bertz CT molecular complexity index is 1120. The van der Waals surface area contributed by atoms with Gasteiger partial charge in [0.05, 0.1) is 10.6 Å². The number of carbonyl (C=O) groups excluding carboxylic acids is 1. The molecule has 1 aliphatic rings. The van der Waals surface area contributed by atoms with E-state index in [1.807, 2.05) is 41.9 Å². The molecule has 28 heavy (non-hydrogen) atoms. The lowest BCUT2D eigenvalue weighted by molar-refractivity contribution is -0.116. The second kappa shape index (κ2) is 7.03. The van der Waals surface area contributed by atoms with Crippen LogP contribution >= 0.6 is 0 Å². The van der Waals surface area contributed by atoms with Crippen molar-refractivity contribution in [3.05, 3.63) is 60.0 Å². The van der Waals surface area contributed by atoms with Crippen molar-refractivity contribution in [3.63, 3.8) is 0 Å². The van der Waals surface area contributed by atoms with E-state index >= 15 is 0 Å². The van der Waals surface area contributed by atoms with Crippen molar-refractivity contribution >= 4 is 27.3 Å². The minimum absolute atomic E-state index is 0.0348. The molecule has 0 unspecified atom stereocenters. The fourth-order valence-corrected chi connectivity index (χ4v) is 4.84. The number of sulfonamides is 1. The summed E-state index contributed by atoms with van der Waals surface area (Å²) in [5.74, 6) is -0.0348. The molecule has 7 nitrogen and oxygen atoms in total. The fourth-order valence-electron chi connectivity index (χ4n) is 3.76. The lowest BCUT2D eigenvalue weighted by Crippen LogP contribution is -2.33. The van der Waals surface area contributed by atoms with E-state index in [1.54, 1.807) is 23.1 Å². The summed E-state index contributed by atoms with van der Waals surface area (Å²) in [5.41, 5.74) is 3.34. The van der Waals surface area contributed by atoms with E-state index in [1.165, 1.54) is 6.92 Å². The molecular formula is C20H22N4O3S. The second-order valence-corrected chi connectivity index (χ2v) is 8.85. The van der Waals surface area contributed by atoms with Gasteiger partial charge in [0.2, 0.25) is 15.9 Å². The number of pyridine rings is 1. The summed E-state index contributed by atoms with van der Waals surface area (Å²) < 4.78 is 29.9. The minimum atomic E-state index is -3.63. The fraction of sp³-hybridized carbons (Fsp3) is 0.300. The van der Waals surface area contributed by atoms with Gasteiger partial charge in [0.25, 0.3) is 0 Å². The van der Waals surface area contributed by atoms with E-state index in [2.05, 4.69) is 9.71 Å². The average molecular weight is 398 g/mol. The lowest BCUT2D eigenvalue weighted by Gasteiger charge is -2.20. The highest BCUT2D eigenvalue weighted by Crippen LogP contribution is 2.33. The molecule has 2 aromatic heterocycles. The number of benzene rings is 1. The number of fused-ring (bicyclic) bond motifs is 2. The highest BCUT2D eigenvalue weighted by Gasteiger charge is 2.30. The Morgan fingerprint density at radius 1 is 1.29 bits per heavy atom. The third kappa shape index (κ3) is 3.41. The molecule has 4 rings (SSSR count). The van der Waals surface area contributed by atoms with Gasteiger partial charge in [-0.05, 0) is 49.2 Å². The van der Waals surface area contributed by atoms with Crippen molar-refractivity contribution in [2.75, 3.05) is 11.4 Å². The molecule has 0 saturated carbocycles. The standard InChI is InChI=1S/C20H22N4O3S/c1-14-11-16-12-18(6-7-19(16)24(14)15(2)25)28(26,27)21-9-8-17-13-23-10-4-3-5-20(23)22-17/h3-7,10,12-14,21H,8-9,11H2,1-2H3/t14-/m1/s1. The first-order valence-corrected chi connectivity index (χ1v) is 10.7. The molecule has 0 spiro atoms. The first-order chi connectivity index (χ1) is 13.3. The third-order valence-electron chi connectivity index (χ3n) is 5.00. The number of nitrogens with one attached hydrogen (secondary N) is 1. The van der Waals surface area contributed by atoms with E-state index in [9.17, 15) is 13.2 Å². The van der Waals surface area contributed by atoms with Crippen LogP contribution in [0.4, 0.5) is 5.69 Å². The summed E-state index contributed by atoms with van der Waals surface area (Å²) in [7, 11) is -3.63. The zero-order valence-corrected chi connectivity index (χ0v) is 16.6. The van der Waals surface area contributed by atoms with E-state index in [0.29, 0.717) is 12.8 Å². The monoisotopic (exact) mass is 398 g/mol. The maximum Gasteiger partial charge on any atom is 0.240 e. The molecule has 3 heterocycles. The number of amides is 1. The van der Waals surface area contributed by atoms with Crippen LogP contribution in [0.5, 0.6) is 0 Å². The molecule has 1 amide bonds. The number of hydrogen-bond donors (Lipinski definition) is 1. The first-order valence-electron chi connectivity index (χ1n) is 9.20. The van der Waals surface area contributed by atoms with E-state index in [-0.39, 0.29) is 23.4 Å². The Kier molecular flexibility index (Phi) is 4.68. The number of anilines is 1. The van der Waals surface area contributed by atoms with Crippen LogP contribution in [0, 0.1) is 0 Å². The van der Waals surface area contributed by atoms with Crippen LogP contribution < -0.4 is 9.62 Å². The summed E-state index contributed by atoms with van der Waals surface area (Å²) in [6.45, 7) is 3.75. The maximum atomic E-state index is 12.7. The molecule has 0 aliphatic carbocycles. The molecule has 0 radical (unpaired) electrons. The van der Waals surface area contributed by atoms with Crippen LogP contribution in [-0.2, 0) is 27.7 Å². The van der Waals surface area contributed by atoms with Crippen LogP contribution in [0.1, 0.15) is 25.1 Å². The van der Waals surface area contributed by atoms with E-state index in [4.69, 9.17) is 0 Å². The molecule has 0 fully saturated rings. The van der Waals surface area contributed by atoms with Gasteiger partial charge in [-0.3, -0.25) is 4.79 Å². The molecule has 1 N–H and O–H groups in total. The largest absolute Gasteiger partial charge is 0.309 e. The van der Waals surface area contributed by atoms with Gasteiger partial charge in [0.15, 0.2) is 0 Å². The molecule has 1 aliphatic heterocycles. The molecule has 0 saturated heterocycles. The SMILES string of the molecule is CC(=O)N1c2ccc(S(=O)(=O)NCCc3cn4ccccc4n3)cc2C[C@H]1C.